The molecule has 0 saturated heterocycles. The molecule has 1 unspecified atom stereocenters. The molecule has 0 aliphatic carbocycles. The van der Waals surface area contributed by atoms with Crippen LogP contribution < -0.4 is 9.47 Å². The van der Waals surface area contributed by atoms with Gasteiger partial charge in [0.05, 0.1) is 25.2 Å². The van der Waals surface area contributed by atoms with Crippen molar-refractivity contribution >= 4 is 9.84 Å². The molecule has 0 bridgehead atoms. The van der Waals surface area contributed by atoms with Gasteiger partial charge in [-0.15, -0.1) is 0 Å². The van der Waals surface area contributed by atoms with E-state index in [0.717, 1.165) is 29.0 Å². The predicted octanol–water partition coefficient (Wildman–Crippen LogP) is 3.96. The second-order valence-corrected chi connectivity index (χ2v) is 9.61. The Morgan fingerprint density at radius 1 is 1.15 bits per heavy atom. The third-order valence-corrected chi connectivity index (χ3v) is 5.85. The van der Waals surface area contributed by atoms with Crippen molar-refractivity contribution in [2.45, 2.75) is 43.3 Å². The fraction of sp³-hybridized carbons (Fsp3) is 0.429. The number of fused-ring (bicyclic) bond motifs is 1. The summed E-state index contributed by atoms with van der Waals surface area (Å²) in [5.74, 6) is 1.88. The maximum absolute atomic E-state index is 11.5. The van der Waals surface area contributed by atoms with Crippen LogP contribution in [0.15, 0.2) is 47.4 Å². The molecule has 6 heteroatoms. The monoisotopic (exact) mass is 390 g/mol. The Morgan fingerprint density at radius 3 is 2.48 bits per heavy atom. The van der Waals surface area contributed by atoms with Gasteiger partial charge in [0.15, 0.2) is 9.84 Å². The second-order valence-electron chi connectivity index (χ2n) is 7.60. The molecule has 2 aromatic carbocycles. The van der Waals surface area contributed by atoms with E-state index < -0.39 is 9.84 Å². The Kier molecular flexibility index (Phi) is 5.49. The molecule has 1 atom stereocenters. The fourth-order valence-corrected chi connectivity index (χ4v) is 4.04. The van der Waals surface area contributed by atoms with Crippen molar-refractivity contribution in [2.24, 2.45) is 0 Å². The number of rotatable bonds is 6. The SMILES string of the molecule is COc1ccc2c(c1)C(COCc1ccc(S(C)(=O)=O)cc1)CC(C)(C)O2. The number of ether oxygens (including phenoxy) is 3. The summed E-state index contributed by atoms with van der Waals surface area (Å²) < 4.78 is 40.5. The van der Waals surface area contributed by atoms with Gasteiger partial charge in [0.25, 0.3) is 0 Å². The maximum atomic E-state index is 11.5. The molecule has 146 valence electrons. The Morgan fingerprint density at radius 2 is 1.85 bits per heavy atom. The fourth-order valence-electron chi connectivity index (χ4n) is 3.41. The standard InChI is InChI=1S/C21H26O5S/c1-21(2)12-16(19-11-17(24-3)7-10-20(19)26-21)14-25-13-15-5-8-18(9-6-15)27(4,22)23/h5-11,16H,12-14H2,1-4H3. The Bertz CT molecular complexity index is 901. The molecule has 1 aliphatic heterocycles. The molecule has 27 heavy (non-hydrogen) atoms. The normalized spacial score (nSPS) is 18.4. The number of hydrogen-bond donors (Lipinski definition) is 0. The van der Waals surface area contributed by atoms with E-state index in [1.54, 1.807) is 31.4 Å². The van der Waals surface area contributed by atoms with Gasteiger partial charge in [-0.1, -0.05) is 12.1 Å². The number of benzene rings is 2. The first-order chi connectivity index (χ1) is 12.7. The molecule has 0 N–H and O–H groups in total. The molecule has 0 radical (unpaired) electrons. The summed E-state index contributed by atoms with van der Waals surface area (Å²) in [4.78, 5) is 0.318. The Balaban J connectivity index is 1.69. The van der Waals surface area contributed by atoms with Gasteiger partial charge in [0.1, 0.15) is 17.1 Å². The first-order valence-electron chi connectivity index (χ1n) is 8.92. The van der Waals surface area contributed by atoms with Crippen molar-refractivity contribution < 1.29 is 22.6 Å². The largest absolute Gasteiger partial charge is 0.497 e. The molecule has 1 aliphatic rings. The van der Waals surface area contributed by atoms with Gasteiger partial charge in [-0.2, -0.15) is 0 Å². The van der Waals surface area contributed by atoms with Crippen LogP contribution in [0.1, 0.15) is 37.3 Å². The Labute approximate surface area is 161 Å². The molecule has 5 nitrogen and oxygen atoms in total. The minimum absolute atomic E-state index is 0.203. The molecule has 0 fully saturated rings. The zero-order valence-electron chi connectivity index (χ0n) is 16.2. The van der Waals surface area contributed by atoms with Crippen LogP contribution in [0.25, 0.3) is 0 Å². The van der Waals surface area contributed by atoms with Crippen LogP contribution >= 0.6 is 0 Å². The Hall–Kier alpha value is -2.05. The quantitative estimate of drug-likeness (QED) is 0.747. The van der Waals surface area contributed by atoms with Crippen molar-refractivity contribution in [3.8, 4) is 11.5 Å². The van der Waals surface area contributed by atoms with Crippen LogP contribution in [-0.4, -0.2) is 34.0 Å². The smallest absolute Gasteiger partial charge is 0.175 e. The van der Waals surface area contributed by atoms with Gasteiger partial charge in [-0.25, -0.2) is 8.42 Å². The van der Waals surface area contributed by atoms with Gasteiger partial charge in [-0.3, -0.25) is 0 Å². The van der Waals surface area contributed by atoms with Crippen LogP contribution in [-0.2, 0) is 21.2 Å². The van der Waals surface area contributed by atoms with Crippen LogP contribution in [0.3, 0.4) is 0 Å². The topological polar surface area (TPSA) is 61.8 Å². The van der Waals surface area contributed by atoms with Crippen LogP contribution in [0.2, 0.25) is 0 Å². The summed E-state index contributed by atoms with van der Waals surface area (Å²) in [5, 5.41) is 0. The van der Waals surface area contributed by atoms with Gasteiger partial charge < -0.3 is 14.2 Å². The number of sulfone groups is 1. The van der Waals surface area contributed by atoms with Gasteiger partial charge in [-0.05, 0) is 56.2 Å². The molecule has 0 amide bonds. The average molecular weight is 391 g/mol. The van der Waals surface area contributed by atoms with Crippen LogP contribution in [0.5, 0.6) is 11.5 Å². The zero-order chi connectivity index (χ0) is 19.7. The summed E-state index contributed by atoms with van der Waals surface area (Å²) in [6, 6.07) is 12.7. The average Bonchev–Trinajstić information content (AvgIpc) is 2.60. The minimum atomic E-state index is -3.18. The molecule has 0 spiro atoms. The molecule has 3 rings (SSSR count). The summed E-state index contributed by atoms with van der Waals surface area (Å²) in [5.41, 5.74) is 1.79. The molecule has 0 aromatic heterocycles. The lowest BCUT2D eigenvalue weighted by atomic mass is 9.85. The van der Waals surface area contributed by atoms with E-state index in [4.69, 9.17) is 14.2 Å². The molecule has 2 aromatic rings. The van der Waals surface area contributed by atoms with E-state index in [9.17, 15) is 8.42 Å². The van der Waals surface area contributed by atoms with Crippen molar-refractivity contribution in [3.63, 3.8) is 0 Å². The number of hydrogen-bond acceptors (Lipinski definition) is 5. The second kappa shape index (κ2) is 7.52. The lowest BCUT2D eigenvalue weighted by Crippen LogP contribution is -2.36. The molecule has 1 heterocycles. The first kappa shape index (κ1) is 19.7. The van der Waals surface area contributed by atoms with E-state index in [1.807, 2.05) is 18.2 Å². The van der Waals surface area contributed by atoms with Gasteiger partial charge in [0, 0.05) is 17.7 Å². The molecular weight excluding hydrogens is 364 g/mol. The van der Waals surface area contributed by atoms with Crippen molar-refractivity contribution in [1.82, 2.24) is 0 Å². The lowest BCUT2D eigenvalue weighted by molar-refractivity contribution is 0.0369. The van der Waals surface area contributed by atoms with E-state index in [-0.39, 0.29) is 11.5 Å². The van der Waals surface area contributed by atoms with Gasteiger partial charge >= 0.3 is 0 Å². The summed E-state index contributed by atoms with van der Waals surface area (Å²) in [6.07, 6.45) is 2.05. The van der Waals surface area contributed by atoms with E-state index >= 15 is 0 Å². The van der Waals surface area contributed by atoms with Crippen molar-refractivity contribution in [3.05, 3.63) is 53.6 Å². The number of methoxy groups -OCH3 is 1. The van der Waals surface area contributed by atoms with Crippen LogP contribution in [0, 0.1) is 0 Å². The highest BCUT2D eigenvalue weighted by Crippen LogP contribution is 2.42. The zero-order valence-corrected chi connectivity index (χ0v) is 17.0. The molecular formula is C21H26O5S. The highest BCUT2D eigenvalue weighted by molar-refractivity contribution is 7.90. The highest BCUT2D eigenvalue weighted by Gasteiger charge is 2.34. The summed E-state index contributed by atoms with van der Waals surface area (Å²) in [7, 11) is -1.52. The van der Waals surface area contributed by atoms with Gasteiger partial charge in [0.2, 0.25) is 0 Å². The molecule has 0 saturated carbocycles. The van der Waals surface area contributed by atoms with E-state index in [0.29, 0.717) is 18.1 Å². The summed E-state index contributed by atoms with van der Waals surface area (Å²) >= 11 is 0. The maximum Gasteiger partial charge on any atom is 0.175 e. The van der Waals surface area contributed by atoms with Crippen LogP contribution in [0.4, 0.5) is 0 Å². The van der Waals surface area contributed by atoms with E-state index in [2.05, 4.69) is 13.8 Å². The van der Waals surface area contributed by atoms with Crippen molar-refractivity contribution in [2.75, 3.05) is 20.0 Å². The third kappa shape index (κ3) is 4.82. The third-order valence-electron chi connectivity index (χ3n) is 4.72. The summed E-state index contributed by atoms with van der Waals surface area (Å²) in [6.45, 7) is 5.15. The van der Waals surface area contributed by atoms with E-state index in [1.165, 1.54) is 6.26 Å². The minimum Gasteiger partial charge on any atom is -0.497 e. The highest BCUT2D eigenvalue weighted by atomic mass is 32.2. The first-order valence-corrected chi connectivity index (χ1v) is 10.8. The predicted molar refractivity (Wildman–Crippen MR) is 104 cm³/mol. The van der Waals surface area contributed by atoms with Crippen molar-refractivity contribution in [1.29, 1.82) is 0 Å². The lowest BCUT2D eigenvalue weighted by Gasteiger charge is -2.37.